The highest BCUT2D eigenvalue weighted by atomic mass is 16.5. The number of nitrogens with one attached hydrogen (secondary N) is 1. The number of likely N-dealkylation sites (tertiary alicyclic amines) is 1. The van der Waals surface area contributed by atoms with Gasteiger partial charge in [0.25, 0.3) is 0 Å². The van der Waals surface area contributed by atoms with Crippen molar-refractivity contribution in [2.75, 3.05) is 13.7 Å². The Kier molecular flexibility index (Phi) is 5.29. The summed E-state index contributed by atoms with van der Waals surface area (Å²) in [5.41, 5.74) is 0.755. The monoisotopic (exact) mass is 318 g/mol. The maximum Gasteiger partial charge on any atom is 0.225 e. The average Bonchev–Trinajstić information content (AvgIpc) is 2.48. The van der Waals surface area contributed by atoms with E-state index in [9.17, 15) is 9.59 Å². The van der Waals surface area contributed by atoms with Crippen LogP contribution in [0.3, 0.4) is 0 Å². The molecule has 23 heavy (non-hydrogen) atoms. The predicted molar refractivity (Wildman–Crippen MR) is 89.0 cm³/mol. The lowest BCUT2D eigenvalue weighted by atomic mass is 9.95. The van der Waals surface area contributed by atoms with Gasteiger partial charge in [-0.15, -0.1) is 0 Å². The molecular formula is C18H26N2O3. The van der Waals surface area contributed by atoms with Gasteiger partial charge in [0.15, 0.2) is 0 Å². The Morgan fingerprint density at radius 1 is 1.39 bits per heavy atom. The first-order valence-corrected chi connectivity index (χ1v) is 8.01. The molecule has 5 heteroatoms. The van der Waals surface area contributed by atoms with Crippen molar-refractivity contribution in [3.63, 3.8) is 0 Å². The van der Waals surface area contributed by atoms with Crippen molar-refractivity contribution in [2.45, 2.75) is 45.7 Å². The second-order valence-electron chi connectivity index (χ2n) is 7.10. The molecule has 1 fully saturated rings. The van der Waals surface area contributed by atoms with Gasteiger partial charge in [-0.05, 0) is 44.9 Å². The number of hydrogen-bond acceptors (Lipinski definition) is 3. The first-order valence-electron chi connectivity index (χ1n) is 8.01. The standard InChI is InChI=1S/C18H26N2O3/c1-18(2,3)19-17(22)14-8-9-16(21)20(12-14)11-13-6-5-7-15(10-13)23-4/h5-7,10,14H,8-9,11-12H2,1-4H3,(H,19,22)/t14-/m0/s1. The molecule has 0 bridgehead atoms. The van der Waals surface area contributed by atoms with E-state index >= 15 is 0 Å². The zero-order valence-corrected chi connectivity index (χ0v) is 14.4. The van der Waals surface area contributed by atoms with Gasteiger partial charge in [-0.1, -0.05) is 12.1 Å². The molecule has 0 saturated carbocycles. The van der Waals surface area contributed by atoms with Crippen LogP contribution in [-0.4, -0.2) is 35.9 Å². The van der Waals surface area contributed by atoms with Gasteiger partial charge < -0.3 is 15.0 Å². The van der Waals surface area contributed by atoms with Crippen molar-refractivity contribution in [3.8, 4) is 5.75 Å². The highest BCUT2D eigenvalue weighted by molar-refractivity contribution is 5.84. The minimum atomic E-state index is -0.254. The maximum atomic E-state index is 12.3. The number of carbonyl (C=O) groups excluding carboxylic acids is 2. The van der Waals surface area contributed by atoms with Crippen LogP contribution >= 0.6 is 0 Å². The summed E-state index contributed by atoms with van der Waals surface area (Å²) in [6.45, 7) is 6.87. The van der Waals surface area contributed by atoms with Crippen molar-refractivity contribution < 1.29 is 14.3 Å². The Hall–Kier alpha value is -2.04. The molecule has 0 aromatic heterocycles. The third-order valence-electron chi connectivity index (χ3n) is 3.88. The minimum absolute atomic E-state index is 0.0284. The van der Waals surface area contributed by atoms with Gasteiger partial charge >= 0.3 is 0 Å². The Balaban J connectivity index is 2.03. The molecule has 1 aliphatic heterocycles. The summed E-state index contributed by atoms with van der Waals surface area (Å²) in [6.07, 6.45) is 1.04. The average molecular weight is 318 g/mol. The summed E-state index contributed by atoms with van der Waals surface area (Å²) in [5, 5.41) is 3.01. The largest absolute Gasteiger partial charge is 0.497 e. The number of carbonyl (C=O) groups is 2. The van der Waals surface area contributed by atoms with Crippen LogP contribution in [0.25, 0.3) is 0 Å². The molecular weight excluding hydrogens is 292 g/mol. The van der Waals surface area contributed by atoms with Crippen LogP contribution in [-0.2, 0) is 16.1 Å². The van der Waals surface area contributed by atoms with E-state index in [2.05, 4.69) is 5.32 Å². The second-order valence-corrected chi connectivity index (χ2v) is 7.10. The summed E-state index contributed by atoms with van der Waals surface area (Å²) < 4.78 is 5.22. The molecule has 1 saturated heterocycles. The van der Waals surface area contributed by atoms with Crippen LogP contribution in [0.5, 0.6) is 5.75 Å². The minimum Gasteiger partial charge on any atom is -0.497 e. The zero-order chi connectivity index (χ0) is 17.0. The summed E-state index contributed by atoms with van der Waals surface area (Å²) in [7, 11) is 1.62. The molecule has 1 N–H and O–H groups in total. The number of amides is 2. The van der Waals surface area contributed by atoms with Crippen molar-refractivity contribution in [1.82, 2.24) is 10.2 Å². The summed E-state index contributed by atoms with van der Waals surface area (Å²) >= 11 is 0. The fourth-order valence-electron chi connectivity index (χ4n) is 2.74. The van der Waals surface area contributed by atoms with Crippen LogP contribution in [0.1, 0.15) is 39.2 Å². The van der Waals surface area contributed by atoms with Crippen LogP contribution < -0.4 is 10.1 Å². The molecule has 1 aromatic carbocycles. The third-order valence-corrected chi connectivity index (χ3v) is 3.88. The lowest BCUT2D eigenvalue weighted by Gasteiger charge is -2.33. The van der Waals surface area contributed by atoms with Crippen LogP contribution in [0.4, 0.5) is 0 Å². The molecule has 1 aromatic rings. The summed E-state index contributed by atoms with van der Waals surface area (Å²) in [4.78, 5) is 26.3. The van der Waals surface area contributed by atoms with E-state index in [4.69, 9.17) is 4.74 Å². The van der Waals surface area contributed by atoms with Crippen molar-refractivity contribution in [3.05, 3.63) is 29.8 Å². The predicted octanol–water partition coefficient (Wildman–Crippen LogP) is 2.35. The van der Waals surface area contributed by atoms with E-state index in [-0.39, 0.29) is 23.3 Å². The summed E-state index contributed by atoms with van der Waals surface area (Å²) in [5.74, 6) is 0.764. The van der Waals surface area contributed by atoms with Gasteiger partial charge in [0.05, 0.1) is 13.0 Å². The van der Waals surface area contributed by atoms with Gasteiger partial charge in [0.1, 0.15) is 5.75 Å². The highest BCUT2D eigenvalue weighted by Gasteiger charge is 2.31. The molecule has 1 atom stereocenters. The van der Waals surface area contributed by atoms with E-state index in [1.807, 2.05) is 45.0 Å². The lowest BCUT2D eigenvalue weighted by molar-refractivity contribution is -0.139. The number of benzene rings is 1. The lowest BCUT2D eigenvalue weighted by Crippen LogP contribution is -2.49. The Morgan fingerprint density at radius 3 is 2.78 bits per heavy atom. The van der Waals surface area contributed by atoms with Crippen LogP contribution in [0.2, 0.25) is 0 Å². The molecule has 1 aliphatic rings. The zero-order valence-electron chi connectivity index (χ0n) is 14.4. The van der Waals surface area contributed by atoms with Crippen LogP contribution in [0, 0.1) is 5.92 Å². The smallest absolute Gasteiger partial charge is 0.225 e. The van der Waals surface area contributed by atoms with Gasteiger partial charge in [-0.2, -0.15) is 0 Å². The van der Waals surface area contributed by atoms with Crippen LogP contribution in [0.15, 0.2) is 24.3 Å². The number of ether oxygens (including phenoxy) is 1. The molecule has 2 amide bonds. The first-order chi connectivity index (χ1) is 10.8. The summed E-state index contributed by atoms with van der Waals surface area (Å²) in [6, 6.07) is 7.67. The van der Waals surface area contributed by atoms with Crippen molar-refractivity contribution >= 4 is 11.8 Å². The molecule has 1 heterocycles. The number of methoxy groups -OCH3 is 1. The van der Waals surface area contributed by atoms with Gasteiger partial charge in [-0.3, -0.25) is 9.59 Å². The molecule has 0 aliphatic carbocycles. The number of piperidine rings is 1. The quantitative estimate of drug-likeness (QED) is 0.927. The SMILES string of the molecule is COc1cccc(CN2C[C@@H](C(=O)NC(C)(C)C)CCC2=O)c1. The fraction of sp³-hybridized carbons (Fsp3) is 0.556. The third kappa shape index (κ3) is 4.98. The van der Waals surface area contributed by atoms with Gasteiger partial charge in [0.2, 0.25) is 11.8 Å². The normalized spacial score (nSPS) is 18.7. The highest BCUT2D eigenvalue weighted by Crippen LogP contribution is 2.22. The van der Waals surface area contributed by atoms with E-state index in [1.165, 1.54) is 0 Å². The fourth-order valence-corrected chi connectivity index (χ4v) is 2.74. The first kappa shape index (κ1) is 17.3. The molecule has 0 spiro atoms. The van der Waals surface area contributed by atoms with Crippen molar-refractivity contribution in [1.29, 1.82) is 0 Å². The number of rotatable bonds is 4. The van der Waals surface area contributed by atoms with E-state index < -0.39 is 0 Å². The van der Waals surface area contributed by atoms with E-state index in [1.54, 1.807) is 12.0 Å². The molecule has 0 radical (unpaired) electrons. The number of nitrogens with zero attached hydrogens (tertiary/aromatic N) is 1. The van der Waals surface area contributed by atoms with Crippen molar-refractivity contribution in [2.24, 2.45) is 5.92 Å². The topological polar surface area (TPSA) is 58.6 Å². The van der Waals surface area contributed by atoms with E-state index in [0.717, 1.165) is 11.3 Å². The van der Waals surface area contributed by atoms with Gasteiger partial charge in [0, 0.05) is 25.0 Å². The van der Waals surface area contributed by atoms with Gasteiger partial charge in [-0.25, -0.2) is 0 Å². The Bertz CT molecular complexity index is 578. The molecule has 0 unspecified atom stereocenters. The number of hydrogen-bond donors (Lipinski definition) is 1. The van der Waals surface area contributed by atoms with E-state index in [0.29, 0.717) is 25.9 Å². The molecule has 2 rings (SSSR count). The Morgan fingerprint density at radius 2 is 2.13 bits per heavy atom. The second kappa shape index (κ2) is 7.02. The molecule has 5 nitrogen and oxygen atoms in total. The molecule has 126 valence electrons. The maximum absolute atomic E-state index is 12.3. The Labute approximate surface area is 138 Å².